The van der Waals surface area contributed by atoms with Crippen molar-refractivity contribution in [3.63, 3.8) is 0 Å². The van der Waals surface area contributed by atoms with Crippen LogP contribution < -0.4 is 15.1 Å². The predicted molar refractivity (Wildman–Crippen MR) is 117 cm³/mol. The molecule has 2 aliphatic rings. The summed E-state index contributed by atoms with van der Waals surface area (Å²) in [4.78, 5) is 42.1. The van der Waals surface area contributed by atoms with E-state index in [9.17, 15) is 14.4 Å². The van der Waals surface area contributed by atoms with Crippen molar-refractivity contribution in [2.75, 3.05) is 55.7 Å². The molecule has 2 heterocycles. The highest BCUT2D eigenvalue weighted by Gasteiger charge is 2.24. The quantitative estimate of drug-likeness (QED) is 0.771. The molecule has 3 amide bonds. The van der Waals surface area contributed by atoms with Gasteiger partial charge in [0.2, 0.25) is 5.91 Å². The number of nitrogens with zero attached hydrogens (tertiary/aromatic N) is 3. The van der Waals surface area contributed by atoms with Crippen LogP contribution in [0.15, 0.2) is 54.6 Å². The number of para-hydroxylation sites is 1. The Labute approximate surface area is 181 Å². The second-order valence-corrected chi connectivity index (χ2v) is 7.52. The van der Waals surface area contributed by atoms with Crippen molar-refractivity contribution in [1.29, 1.82) is 0 Å². The van der Waals surface area contributed by atoms with Crippen molar-refractivity contribution in [3.8, 4) is 0 Å². The lowest BCUT2D eigenvalue weighted by Crippen LogP contribution is -2.49. The second kappa shape index (κ2) is 9.51. The normalized spacial score (nSPS) is 16.3. The van der Waals surface area contributed by atoms with E-state index in [1.54, 1.807) is 24.3 Å². The van der Waals surface area contributed by atoms with Crippen LogP contribution in [-0.4, -0.2) is 68.7 Å². The average Bonchev–Trinajstić information content (AvgIpc) is 3.25. The topological polar surface area (TPSA) is 82.2 Å². The number of hydrogen-bond donors (Lipinski definition) is 1. The van der Waals surface area contributed by atoms with Crippen LogP contribution in [0.1, 0.15) is 16.8 Å². The van der Waals surface area contributed by atoms with Crippen molar-refractivity contribution in [3.05, 3.63) is 60.2 Å². The Kier molecular flexibility index (Phi) is 6.35. The first-order valence-electron chi connectivity index (χ1n) is 10.5. The molecular weight excluding hydrogens is 396 g/mol. The number of benzene rings is 2. The molecule has 1 N–H and O–H groups in total. The number of anilines is 2. The molecule has 162 valence electrons. The number of hydrogen-bond acceptors (Lipinski definition) is 5. The lowest BCUT2D eigenvalue weighted by atomic mass is 10.2. The summed E-state index contributed by atoms with van der Waals surface area (Å²) >= 11 is 0. The minimum Gasteiger partial charge on any atom is -0.447 e. The molecule has 0 radical (unpaired) electrons. The predicted octanol–water partition coefficient (Wildman–Crippen LogP) is 2.11. The highest BCUT2D eigenvalue weighted by molar-refractivity contribution is 5.95. The number of cyclic esters (lactones) is 1. The molecule has 31 heavy (non-hydrogen) atoms. The van der Waals surface area contributed by atoms with Gasteiger partial charge in [-0.15, -0.1) is 0 Å². The number of ether oxygens (including phenoxy) is 1. The van der Waals surface area contributed by atoms with Gasteiger partial charge in [0.15, 0.2) is 0 Å². The minimum atomic E-state index is -0.375. The maximum atomic E-state index is 12.5. The van der Waals surface area contributed by atoms with Gasteiger partial charge in [-0.1, -0.05) is 18.2 Å². The number of carbonyl (C=O) groups excluding carboxylic acids is 3. The van der Waals surface area contributed by atoms with E-state index in [-0.39, 0.29) is 30.9 Å². The van der Waals surface area contributed by atoms with Crippen molar-refractivity contribution in [2.24, 2.45) is 0 Å². The Bertz CT molecular complexity index is 924. The molecule has 0 unspecified atom stereocenters. The van der Waals surface area contributed by atoms with Crippen molar-refractivity contribution in [2.45, 2.75) is 6.42 Å². The summed E-state index contributed by atoms with van der Waals surface area (Å²) in [6.45, 7) is 4.14. The number of nitrogens with one attached hydrogen (secondary N) is 1. The van der Waals surface area contributed by atoms with Crippen LogP contribution in [-0.2, 0) is 9.53 Å². The molecule has 8 heteroatoms. The number of piperazine rings is 1. The fourth-order valence-corrected chi connectivity index (χ4v) is 3.82. The Morgan fingerprint density at radius 3 is 2.23 bits per heavy atom. The van der Waals surface area contributed by atoms with Gasteiger partial charge in [-0.05, 0) is 36.4 Å². The second-order valence-electron chi connectivity index (χ2n) is 7.52. The first-order chi connectivity index (χ1) is 15.1. The number of carbonyl (C=O) groups is 3. The Morgan fingerprint density at radius 1 is 0.871 bits per heavy atom. The van der Waals surface area contributed by atoms with Crippen LogP contribution >= 0.6 is 0 Å². The first-order valence-corrected chi connectivity index (χ1v) is 10.5. The summed E-state index contributed by atoms with van der Waals surface area (Å²) in [5, 5.41) is 2.80. The van der Waals surface area contributed by atoms with Gasteiger partial charge in [0.1, 0.15) is 6.61 Å². The molecule has 0 bridgehead atoms. The van der Waals surface area contributed by atoms with E-state index < -0.39 is 0 Å². The number of amides is 3. The van der Waals surface area contributed by atoms with E-state index >= 15 is 0 Å². The van der Waals surface area contributed by atoms with Crippen molar-refractivity contribution < 1.29 is 19.1 Å². The zero-order valence-electron chi connectivity index (χ0n) is 17.3. The zero-order chi connectivity index (χ0) is 21.6. The standard InChI is InChI=1S/C23H26N4O4/c28-21(26-14-12-25(13-15-26)19-4-2-1-3-5-19)10-11-24-22(29)18-6-8-20(9-7-18)27-16-17-31-23(27)30/h1-9H,10-17H2,(H,24,29). The van der Waals surface area contributed by atoms with Crippen LogP contribution in [0.3, 0.4) is 0 Å². The largest absolute Gasteiger partial charge is 0.447 e. The van der Waals surface area contributed by atoms with E-state index in [1.807, 2.05) is 23.1 Å². The third-order valence-electron chi connectivity index (χ3n) is 5.58. The molecule has 2 aromatic rings. The molecule has 0 saturated carbocycles. The Balaban J connectivity index is 1.20. The fourth-order valence-electron chi connectivity index (χ4n) is 3.82. The van der Waals surface area contributed by atoms with E-state index in [4.69, 9.17) is 4.74 Å². The van der Waals surface area contributed by atoms with Gasteiger partial charge in [0, 0.05) is 56.1 Å². The van der Waals surface area contributed by atoms with Crippen LogP contribution in [0, 0.1) is 0 Å². The fraction of sp³-hybridized carbons (Fsp3) is 0.348. The smallest absolute Gasteiger partial charge is 0.414 e. The van der Waals surface area contributed by atoms with Crippen LogP contribution in [0.5, 0.6) is 0 Å². The van der Waals surface area contributed by atoms with Gasteiger partial charge in [-0.3, -0.25) is 14.5 Å². The molecule has 0 aromatic heterocycles. The molecule has 0 spiro atoms. The average molecular weight is 422 g/mol. The zero-order valence-corrected chi connectivity index (χ0v) is 17.3. The van der Waals surface area contributed by atoms with E-state index in [1.165, 1.54) is 10.6 Å². The maximum Gasteiger partial charge on any atom is 0.414 e. The maximum absolute atomic E-state index is 12.5. The molecule has 2 aromatic carbocycles. The summed E-state index contributed by atoms with van der Waals surface area (Å²) in [6.07, 6.45) is -0.102. The molecule has 4 rings (SSSR count). The van der Waals surface area contributed by atoms with E-state index in [0.717, 1.165) is 13.1 Å². The van der Waals surface area contributed by atoms with Gasteiger partial charge in [0.25, 0.3) is 5.91 Å². The minimum absolute atomic E-state index is 0.0518. The number of rotatable bonds is 6. The summed E-state index contributed by atoms with van der Waals surface area (Å²) in [7, 11) is 0. The molecule has 8 nitrogen and oxygen atoms in total. The Hall–Kier alpha value is -3.55. The van der Waals surface area contributed by atoms with Crippen molar-refractivity contribution >= 4 is 29.3 Å². The third kappa shape index (κ3) is 4.96. The van der Waals surface area contributed by atoms with Crippen LogP contribution in [0.25, 0.3) is 0 Å². The van der Waals surface area contributed by atoms with Gasteiger partial charge in [0.05, 0.1) is 6.54 Å². The summed E-state index contributed by atoms with van der Waals surface area (Å²) in [6, 6.07) is 17.0. The third-order valence-corrected chi connectivity index (χ3v) is 5.58. The molecular formula is C23H26N4O4. The monoisotopic (exact) mass is 422 g/mol. The van der Waals surface area contributed by atoms with E-state index in [0.29, 0.717) is 37.5 Å². The summed E-state index contributed by atoms with van der Waals surface area (Å²) < 4.78 is 4.92. The molecule has 2 saturated heterocycles. The van der Waals surface area contributed by atoms with Gasteiger partial charge in [-0.2, -0.15) is 0 Å². The molecule has 2 aliphatic heterocycles. The van der Waals surface area contributed by atoms with Crippen LogP contribution in [0.4, 0.5) is 16.2 Å². The highest BCUT2D eigenvalue weighted by atomic mass is 16.6. The lowest BCUT2D eigenvalue weighted by molar-refractivity contribution is -0.131. The molecule has 0 aliphatic carbocycles. The first kappa shape index (κ1) is 20.7. The van der Waals surface area contributed by atoms with Gasteiger partial charge < -0.3 is 19.9 Å². The van der Waals surface area contributed by atoms with E-state index in [2.05, 4.69) is 22.3 Å². The highest BCUT2D eigenvalue weighted by Crippen LogP contribution is 2.19. The summed E-state index contributed by atoms with van der Waals surface area (Å²) in [5.41, 5.74) is 2.36. The SMILES string of the molecule is O=C(NCCC(=O)N1CCN(c2ccccc2)CC1)c1ccc(N2CCOC2=O)cc1. The Morgan fingerprint density at radius 2 is 1.58 bits per heavy atom. The van der Waals surface area contributed by atoms with Gasteiger partial charge in [-0.25, -0.2) is 4.79 Å². The lowest BCUT2D eigenvalue weighted by Gasteiger charge is -2.36. The van der Waals surface area contributed by atoms with Crippen molar-refractivity contribution in [1.82, 2.24) is 10.2 Å². The van der Waals surface area contributed by atoms with Crippen LogP contribution in [0.2, 0.25) is 0 Å². The summed E-state index contributed by atoms with van der Waals surface area (Å²) in [5.74, 6) is -0.187. The molecule has 0 atom stereocenters. The molecule has 2 fully saturated rings. The van der Waals surface area contributed by atoms with Gasteiger partial charge >= 0.3 is 6.09 Å².